The van der Waals surface area contributed by atoms with E-state index in [1.165, 1.54) is 12.1 Å². The molecule has 1 N–H and O–H groups in total. The zero-order valence-electron chi connectivity index (χ0n) is 22.5. The maximum Gasteiger partial charge on any atom is 0.405 e. The zero-order chi connectivity index (χ0) is 30.0. The van der Waals surface area contributed by atoms with Crippen LogP contribution in [0.1, 0.15) is 39.1 Å². The van der Waals surface area contributed by atoms with E-state index in [2.05, 4.69) is 5.10 Å². The molecule has 3 aromatic carbocycles. The van der Waals surface area contributed by atoms with Crippen molar-refractivity contribution in [2.45, 2.75) is 32.5 Å². The number of hydrogen-bond donors (Lipinski definition) is 1. The Bertz CT molecular complexity index is 1610. The van der Waals surface area contributed by atoms with Gasteiger partial charge in [-0.25, -0.2) is 8.78 Å². The summed E-state index contributed by atoms with van der Waals surface area (Å²) in [6.45, 7) is 1.99. The number of nitrogens with one attached hydrogen (secondary N) is 1. The number of ether oxygens (including phenoxy) is 1. The molecule has 0 radical (unpaired) electrons. The van der Waals surface area contributed by atoms with E-state index in [1.807, 2.05) is 5.32 Å². The first-order valence-electron chi connectivity index (χ1n) is 13.3. The van der Waals surface area contributed by atoms with Crippen LogP contribution in [0.25, 0.3) is 10.9 Å². The summed E-state index contributed by atoms with van der Waals surface area (Å²) in [5, 5.41) is 7.17. The number of likely N-dealkylation sites (tertiary alicyclic amines) is 1. The van der Waals surface area contributed by atoms with Crippen LogP contribution in [-0.4, -0.2) is 52.3 Å². The molecule has 0 aliphatic carbocycles. The van der Waals surface area contributed by atoms with E-state index in [0.717, 1.165) is 25.0 Å². The lowest BCUT2D eigenvalue weighted by molar-refractivity contribution is -0.123. The maximum atomic E-state index is 13.4. The monoisotopic (exact) mass is 586 g/mol. The Morgan fingerprint density at radius 2 is 1.67 bits per heavy atom. The molecular weight excluding hydrogens is 559 g/mol. The number of benzene rings is 3. The largest absolute Gasteiger partial charge is 0.457 e. The number of aromatic nitrogens is 2. The molecule has 42 heavy (non-hydrogen) atoms. The van der Waals surface area contributed by atoms with Gasteiger partial charge in [0.1, 0.15) is 18.0 Å². The van der Waals surface area contributed by atoms with Crippen LogP contribution in [0.3, 0.4) is 0 Å². The quantitative estimate of drug-likeness (QED) is 0.260. The van der Waals surface area contributed by atoms with Gasteiger partial charge in [0.05, 0.1) is 5.52 Å². The van der Waals surface area contributed by atoms with Gasteiger partial charge in [-0.2, -0.15) is 18.3 Å². The number of amides is 2. The number of carbonyl (C=O) groups is 2. The molecule has 1 aliphatic rings. The maximum absolute atomic E-state index is 13.4. The number of hydrogen-bond acceptors (Lipinski definition) is 4. The van der Waals surface area contributed by atoms with Crippen molar-refractivity contribution in [1.29, 1.82) is 0 Å². The summed E-state index contributed by atoms with van der Waals surface area (Å²) in [4.78, 5) is 27.1. The van der Waals surface area contributed by atoms with Gasteiger partial charge in [0.15, 0.2) is 11.6 Å². The first kappa shape index (κ1) is 29.0. The molecule has 0 bridgehead atoms. The van der Waals surface area contributed by atoms with Crippen molar-refractivity contribution in [2.75, 3.05) is 19.6 Å². The molecular formula is C30H27F5N4O3. The lowest BCUT2D eigenvalue weighted by Crippen LogP contribution is -2.39. The van der Waals surface area contributed by atoms with Crippen molar-refractivity contribution >= 4 is 22.7 Å². The fraction of sp³-hybridized carbons (Fsp3) is 0.300. The molecule has 0 unspecified atom stereocenters. The predicted molar refractivity (Wildman–Crippen MR) is 144 cm³/mol. The van der Waals surface area contributed by atoms with Crippen molar-refractivity contribution in [2.24, 2.45) is 5.92 Å². The van der Waals surface area contributed by atoms with E-state index in [-0.39, 0.29) is 23.1 Å². The number of rotatable bonds is 7. The molecule has 4 aromatic rings. The van der Waals surface area contributed by atoms with E-state index >= 15 is 0 Å². The second kappa shape index (κ2) is 11.8. The van der Waals surface area contributed by atoms with E-state index in [4.69, 9.17) is 4.74 Å². The van der Waals surface area contributed by atoms with E-state index in [9.17, 15) is 31.5 Å². The number of halogens is 5. The van der Waals surface area contributed by atoms with Gasteiger partial charge < -0.3 is 15.0 Å². The van der Waals surface area contributed by atoms with Crippen LogP contribution in [0, 0.1) is 24.5 Å². The van der Waals surface area contributed by atoms with Crippen molar-refractivity contribution in [3.63, 3.8) is 0 Å². The van der Waals surface area contributed by atoms with Crippen molar-refractivity contribution in [3.05, 3.63) is 89.1 Å². The molecule has 1 aromatic heterocycles. The van der Waals surface area contributed by atoms with Gasteiger partial charge in [-0.05, 0) is 79.8 Å². The van der Waals surface area contributed by atoms with E-state index in [0.29, 0.717) is 47.4 Å². The normalized spacial score (nSPS) is 14.3. The van der Waals surface area contributed by atoms with Crippen LogP contribution in [0.4, 0.5) is 22.0 Å². The highest BCUT2D eigenvalue weighted by Crippen LogP contribution is 2.27. The average Bonchev–Trinajstić information content (AvgIpc) is 3.37. The van der Waals surface area contributed by atoms with Gasteiger partial charge >= 0.3 is 6.18 Å². The Labute approximate surface area is 237 Å². The lowest BCUT2D eigenvalue weighted by atomic mass is 9.96. The molecule has 1 aliphatic heterocycles. The van der Waals surface area contributed by atoms with Gasteiger partial charge in [-0.15, -0.1) is 0 Å². The fourth-order valence-corrected chi connectivity index (χ4v) is 5.00. The lowest BCUT2D eigenvalue weighted by Gasteiger charge is -2.32. The summed E-state index contributed by atoms with van der Waals surface area (Å²) in [7, 11) is 0. The van der Waals surface area contributed by atoms with Gasteiger partial charge in [0.25, 0.3) is 11.8 Å². The third kappa shape index (κ3) is 6.69. The zero-order valence-corrected chi connectivity index (χ0v) is 22.5. The molecule has 0 spiro atoms. The minimum absolute atomic E-state index is 0.121. The molecule has 7 nitrogen and oxygen atoms in total. The summed E-state index contributed by atoms with van der Waals surface area (Å²) < 4.78 is 71.3. The molecule has 220 valence electrons. The number of piperidine rings is 1. The summed E-state index contributed by atoms with van der Waals surface area (Å²) in [5.74, 6) is -2.11. The minimum atomic E-state index is -4.49. The molecule has 1 fully saturated rings. The van der Waals surface area contributed by atoms with Crippen LogP contribution < -0.4 is 10.1 Å². The second-order valence-electron chi connectivity index (χ2n) is 10.3. The SMILES string of the molecule is Cc1c(C(=O)NCC(F)(F)F)ccc2nn(CC3CCN(C(=O)c4ccc(Oc5ccc(F)c(F)c5)cc4)CC3)cc12. The Morgan fingerprint density at radius 1 is 0.976 bits per heavy atom. The molecule has 2 amide bonds. The molecule has 12 heteroatoms. The van der Waals surface area contributed by atoms with Crippen molar-refractivity contribution < 1.29 is 36.3 Å². The number of fused-ring (bicyclic) bond motifs is 1. The standard InChI is InChI=1S/C30H27F5N4O3/c1-18-23(28(40)36-17-30(33,34)35)7-9-27-24(18)16-39(37-27)15-19-10-12-38(13-11-19)29(41)20-2-4-21(5-3-20)42-22-6-8-25(31)26(32)14-22/h2-9,14,16,19H,10-13,15,17H2,1H3,(H,36,40). The average molecular weight is 587 g/mol. The highest BCUT2D eigenvalue weighted by Gasteiger charge is 2.28. The first-order valence-corrected chi connectivity index (χ1v) is 13.3. The van der Waals surface area contributed by atoms with Crippen LogP contribution >= 0.6 is 0 Å². The molecule has 0 atom stereocenters. The van der Waals surface area contributed by atoms with Crippen molar-refractivity contribution in [1.82, 2.24) is 20.0 Å². The summed E-state index contributed by atoms with van der Waals surface area (Å²) >= 11 is 0. The number of carbonyl (C=O) groups excluding carboxylic acids is 2. The smallest absolute Gasteiger partial charge is 0.405 e. The van der Waals surface area contributed by atoms with Crippen LogP contribution in [0.2, 0.25) is 0 Å². The summed E-state index contributed by atoms with van der Waals surface area (Å²) in [5.41, 5.74) is 1.85. The Balaban J connectivity index is 1.15. The van der Waals surface area contributed by atoms with Crippen molar-refractivity contribution in [3.8, 4) is 11.5 Å². The summed E-state index contributed by atoms with van der Waals surface area (Å²) in [6, 6.07) is 12.8. The van der Waals surface area contributed by atoms with Crippen LogP contribution in [0.15, 0.2) is 60.8 Å². The molecule has 5 rings (SSSR count). The van der Waals surface area contributed by atoms with Crippen LogP contribution in [-0.2, 0) is 6.54 Å². The third-order valence-electron chi connectivity index (χ3n) is 7.28. The fourth-order valence-electron chi connectivity index (χ4n) is 5.00. The number of nitrogens with zero attached hydrogens (tertiary/aromatic N) is 3. The molecule has 0 saturated carbocycles. The van der Waals surface area contributed by atoms with Crippen LogP contribution in [0.5, 0.6) is 11.5 Å². The van der Waals surface area contributed by atoms with Gasteiger partial charge in [0, 0.05) is 48.4 Å². The molecule has 1 saturated heterocycles. The molecule has 2 heterocycles. The van der Waals surface area contributed by atoms with E-state index < -0.39 is 30.3 Å². The number of aryl methyl sites for hydroxylation is 1. The number of alkyl halides is 3. The Hall–Kier alpha value is -4.48. The Kier molecular flexibility index (Phi) is 8.15. The minimum Gasteiger partial charge on any atom is -0.457 e. The second-order valence-corrected chi connectivity index (χ2v) is 10.3. The topological polar surface area (TPSA) is 76.5 Å². The van der Waals surface area contributed by atoms with Gasteiger partial charge in [-0.3, -0.25) is 14.3 Å². The van der Waals surface area contributed by atoms with Gasteiger partial charge in [0.2, 0.25) is 0 Å². The highest BCUT2D eigenvalue weighted by molar-refractivity contribution is 6.00. The predicted octanol–water partition coefficient (Wildman–Crippen LogP) is 6.26. The third-order valence-corrected chi connectivity index (χ3v) is 7.28. The first-order chi connectivity index (χ1) is 20.0. The highest BCUT2D eigenvalue weighted by atomic mass is 19.4. The summed E-state index contributed by atoms with van der Waals surface area (Å²) in [6.07, 6.45) is -1.19. The Morgan fingerprint density at radius 3 is 2.33 bits per heavy atom. The van der Waals surface area contributed by atoms with E-state index in [1.54, 1.807) is 53.0 Å². The van der Waals surface area contributed by atoms with Gasteiger partial charge in [-0.1, -0.05) is 0 Å².